The third-order valence-corrected chi connectivity index (χ3v) is 6.06. The average molecular weight is 464 g/mol. The van der Waals surface area contributed by atoms with Crippen molar-refractivity contribution >= 4 is 33.1 Å². The molecule has 1 N–H and O–H groups in total. The summed E-state index contributed by atoms with van der Waals surface area (Å²) in [6.07, 6.45) is 1.66. The number of hydrogen-bond acceptors (Lipinski definition) is 6. The molecule has 2 aromatic heterocycles. The molecule has 2 aromatic carbocycles. The lowest BCUT2D eigenvalue weighted by Gasteiger charge is -2.10. The first-order valence-corrected chi connectivity index (χ1v) is 11.5. The van der Waals surface area contributed by atoms with Crippen molar-refractivity contribution in [3.05, 3.63) is 76.2 Å². The quantitative estimate of drug-likeness (QED) is 0.370. The lowest BCUT2D eigenvalue weighted by molar-refractivity contribution is -0.116. The van der Waals surface area contributed by atoms with Crippen LogP contribution in [0.3, 0.4) is 0 Å². The molecule has 0 aliphatic heterocycles. The van der Waals surface area contributed by atoms with Crippen molar-refractivity contribution in [2.24, 2.45) is 0 Å². The molecule has 170 valence electrons. The summed E-state index contributed by atoms with van der Waals surface area (Å²) in [5.41, 5.74) is 3.51. The number of anilines is 1. The first-order chi connectivity index (χ1) is 16.0. The number of methoxy groups -OCH3 is 1. The van der Waals surface area contributed by atoms with Crippen molar-refractivity contribution < 1.29 is 14.3 Å². The van der Waals surface area contributed by atoms with Gasteiger partial charge >= 0.3 is 0 Å². The SMILES string of the molecule is COCCOc1cccc(NC(=O)CCn2cnc3scc(-c4ccc(C)cc4)c3c2=O)c1. The number of aromatic nitrogens is 2. The molecule has 0 radical (unpaired) electrons. The number of carbonyl (C=O) groups excluding carboxylic acids is 1. The Morgan fingerprint density at radius 3 is 2.76 bits per heavy atom. The van der Waals surface area contributed by atoms with Gasteiger partial charge in [0, 0.05) is 42.8 Å². The minimum Gasteiger partial charge on any atom is -0.491 e. The van der Waals surface area contributed by atoms with Crippen LogP contribution in [0.15, 0.2) is 65.0 Å². The molecule has 2 heterocycles. The van der Waals surface area contributed by atoms with Crippen LogP contribution in [0, 0.1) is 6.92 Å². The lowest BCUT2D eigenvalue weighted by atomic mass is 10.1. The molecule has 0 aliphatic rings. The number of thiophene rings is 1. The van der Waals surface area contributed by atoms with E-state index in [1.807, 2.05) is 48.7 Å². The normalized spacial score (nSPS) is 11.0. The Bertz CT molecular complexity index is 1310. The van der Waals surface area contributed by atoms with Gasteiger partial charge in [0.15, 0.2) is 0 Å². The highest BCUT2D eigenvalue weighted by atomic mass is 32.1. The maximum absolute atomic E-state index is 13.2. The van der Waals surface area contributed by atoms with E-state index in [1.165, 1.54) is 22.2 Å². The number of ether oxygens (including phenoxy) is 2. The number of fused-ring (bicyclic) bond motifs is 1. The Labute approximate surface area is 195 Å². The number of benzene rings is 2. The number of rotatable bonds is 9. The van der Waals surface area contributed by atoms with Crippen molar-refractivity contribution in [1.29, 1.82) is 0 Å². The summed E-state index contributed by atoms with van der Waals surface area (Å²) in [6, 6.07) is 15.2. The van der Waals surface area contributed by atoms with Crippen LogP contribution in [0.2, 0.25) is 0 Å². The van der Waals surface area contributed by atoms with Gasteiger partial charge in [0.1, 0.15) is 17.2 Å². The van der Waals surface area contributed by atoms with Crippen LogP contribution < -0.4 is 15.6 Å². The molecular formula is C25H25N3O4S. The van der Waals surface area contributed by atoms with E-state index in [4.69, 9.17) is 9.47 Å². The monoisotopic (exact) mass is 463 g/mol. The van der Waals surface area contributed by atoms with Crippen LogP contribution in [0.25, 0.3) is 21.3 Å². The summed E-state index contributed by atoms with van der Waals surface area (Å²) < 4.78 is 12.0. The van der Waals surface area contributed by atoms with Gasteiger partial charge in [0.2, 0.25) is 5.91 Å². The van der Waals surface area contributed by atoms with Crippen molar-refractivity contribution in [3.63, 3.8) is 0 Å². The maximum Gasteiger partial charge on any atom is 0.262 e. The van der Waals surface area contributed by atoms with Crippen molar-refractivity contribution in [2.45, 2.75) is 19.9 Å². The molecule has 0 saturated carbocycles. The Balaban J connectivity index is 1.45. The van der Waals surface area contributed by atoms with Gasteiger partial charge in [-0.05, 0) is 24.6 Å². The van der Waals surface area contributed by atoms with Crippen LogP contribution in [-0.2, 0) is 16.1 Å². The smallest absolute Gasteiger partial charge is 0.262 e. The molecule has 4 aromatic rings. The van der Waals surface area contributed by atoms with Crippen LogP contribution in [0.5, 0.6) is 5.75 Å². The van der Waals surface area contributed by atoms with Crippen LogP contribution in [0.1, 0.15) is 12.0 Å². The Kier molecular flexibility index (Phi) is 7.16. The Morgan fingerprint density at radius 1 is 1.15 bits per heavy atom. The highest BCUT2D eigenvalue weighted by Crippen LogP contribution is 2.30. The summed E-state index contributed by atoms with van der Waals surface area (Å²) in [5.74, 6) is 0.455. The minimum absolute atomic E-state index is 0.141. The van der Waals surface area contributed by atoms with E-state index < -0.39 is 0 Å². The van der Waals surface area contributed by atoms with Gasteiger partial charge in [-0.15, -0.1) is 11.3 Å². The van der Waals surface area contributed by atoms with Crippen LogP contribution >= 0.6 is 11.3 Å². The zero-order valence-corrected chi connectivity index (χ0v) is 19.4. The molecule has 1 amide bonds. The van der Waals surface area contributed by atoms with Crippen molar-refractivity contribution in [3.8, 4) is 16.9 Å². The second kappa shape index (κ2) is 10.4. The maximum atomic E-state index is 13.2. The van der Waals surface area contributed by atoms with Gasteiger partial charge in [0.05, 0.1) is 18.3 Å². The molecule has 7 nitrogen and oxygen atoms in total. The lowest BCUT2D eigenvalue weighted by Crippen LogP contribution is -2.23. The topological polar surface area (TPSA) is 82.4 Å². The minimum atomic E-state index is -0.194. The first kappa shape index (κ1) is 22.7. The predicted molar refractivity (Wildman–Crippen MR) is 131 cm³/mol. The van der Waals surface area contributed by atoms with Gasteiger partial charge in [-0.2, -0.15) is 0 Å². The predicted octanol–water partition coefficient (Wildman–Crippen LogP) is 4.49. The molecule has 0 aliphatic carbocycles. The number of amides is 1. The van der Waals surface area contributed by atoms with Gasteiger partial charge in [-0.25, -0.2) is 4.98 Å². The fourth-order valence-corrected chi connectivity index (χ4v) is 4.33. The van der Waals surface area contributed by atoms with Gasteiger partial charge in [0.25, 0.3) is 5.56 Å². The number of carbonyl (C=O) groups is 1. The molecule has 0 spiro atoms. The average Bonchev–Trinajstić information content (AvgIpc) is 3.25. The summed E-state index contributed by atoms with van der Waals surface area (Å²) in [7, 11) is 1.61. The van der Waals surface area contributed by atoms with Gasteiger partial charge in [-0.1, -0.05) is 35.9 Å². The fraction of sp³-hybridized carbons (Fsp3) is 0.240. The standard InChI is InChI=1S/C25H25N3O4S/c1-17-6-8-18(9-7-17)21-15-33-24-23(21)25(30)28(16-26-24)11-10-22(29)27-19-4-3-5-20(14-19)32-13-12-31-2/h3-9,14-16H,10-13H2,1-2H3,(H,27,29). The molecule has 33 heavy (non-hydrogen) atoms. The van der Waals surface area contributed by atoms with E-state index in [1.54, 1.807) is 19.2 Å². The third kappa shape index (κ3) is 5.47. The molecule has 4 rings (SSSR count). The second-order valence-electron chi connectivity index (χ2n) is 7.61. The Hall–Kier alpha value is -3.49. The van der Waals surface area contributed by atoms with E-state index in [-0.39, 0.29) is 24.4 Å². The fourth-order valence-electron chi connectivity index (χ4n) is 3.42. The molecular weight excluding hydrogens is 438 g/mol. The zero-order valence-electron chi connectivity index (χ0n) is 18.5. The van der Waals surface area contributed by atoms with Gasteiger partial charge in [-0.3, -0.25) is 14.2 Å². The highest BCUT2D eigenvalue weighted by Gasteiger charge is 2.14. The van der Waals surface area contributed by atoms with E-state index in [0.29, 0.717) is 34.9 Å². The van der Waals surface area contributed by atoms with Crippen LogP contribution in [-0.4, -0.2) is 35.8 Å². The summed E-state index contributed by atoms with van der Waals surface area (Å²) in [6.45, 7) is 3.18. The van der Waals surface area contributed by atoms with Crippen molar-refractivity contribution in [2.75, 3.05) is 25.6 Å². The third-order valence-electron chi connectivity index (χ3n) is 5.18. The molecule has 0 fully saturated rings. The van der Waals surface area contributed by atoms with E-state index >= 15 is 0 Å². The first-order valence-electron chi connectivity index (χ1n) is 10.6. The largest absolute Gasteiger partial charge is 0.491 e. The summed E-state index contributed by atoms with van der Waals surface area (Å²) in [5, 5.41) is 5.40. The highest BCUT2D eigenvalue weighted by molar-refractivity contribution is 7.17. The molecule has 0 unspecified atom stereocenters. The van der Waals surface area contributed by atoms with E-state index in [2.05, 4.69) is 10.3 Å². The second-order valence-corrected chi connectivity index (χ2v) is 8.46. The molecule has 0 saturated heterocycles. The molecule has 0 bridgehead atoms. The number of aryl methyl sites for hydroxylation is 2. The summed E-state index contributed by atoms with van der Waals surface area (Å²) >= 11 is 1.45. The van der Waals surface area contributed by atoms with E-state index in [0.717, 1.165) is 16.7 Å². The number of nitrogens with one attached hydrogen (secondary N) is 1. The summed E-state index contributed by atoms with van der Waals surface area (Å²) in [4.78, 5) is 30.8. The van der Waals surface area contributed by atoms with Crippen molar-refractivity contribution in [1.82, 2.24) is 9.55 Å². The molecule has 8 heteroatoms. The number of hydrogen-bond donors (Lipinski definition) is 1. The zero-order chi connectivity index (χ0) is 23.2. The van der Waals surface area contributed by atoms with E-state index in [9.17, 15) is 9.59 Å². The number of nitrogens with zero attached hydrogens (tertiary/aromatic N) is 2. The Morgan fingerprint density at radius 2 is 1.97 bits per heavy atom. The van der Waals surface area contributed by atoms with Crippen LogP contribution in [0.4, 0.5) is 5.69 Å². The molecule has 0 atom stereocenters. The van der Waals surface area contributed by atoms with Gasteiger partial charge < -0.3 is 14.8 Å².